The number of aryl methyl sites for hydroxylation is 2. The Morgan fingerprint density at radius 3 is 2.39 bits per heavy atom. The molecular weight excluding hydrogens is 526 g/mol. The maximum absolute atomic E-state index is 13.6. The zero-order valence-electron chi connectivity index (χ0n) is 23.4. The van der Waals surface area contributed by atoms with E-state index >= 15 is 0 Å². The van der Waals surface area contributed by atoms with Crippen molar-refractivity contribution in [2.24, 2.45) is 5.92 Å². The van der Waals surface area contributed by atoms with Gasteiger partial charge < -0.3 is 19.3 Å². The van der Waals surface area contributed by atoms with Crippen LogP contribution in [0.3, 0.4) is 0 Å². The van der Waals surface area contributed by atoms with Crippen molar-refractivity contribution in [1.29, 1.82) is 0 Å². The number of carboxylic acid groups (broad SMARTS) is 1. The highest BCUT2D eigenvalue weighted by Gasteiger charge is 2.30. The van der Waals surface area contributed by atoms with Crippen molar-refractivity contribution in [1.82, 2.24) is 24.0 Å². The summed E-state index contributed by atoms with van der Waals surface area (Å²) < 4.78 is 7.66. The molecule has 3 aliphatic rings. The fourth-order valence-electron chi connectivity index (χ4n) is 5.51. The van der Waals surface area contributed by atoms with Gasteiger partial charge >= 0.3 is 17.6 Å². The number of hydrogen-bond acceptors (Lipinski definition) is 8. The van der Waals surface area contributed by atoms with Crippen LogP contribution in [0.5, 0.6) is 0 Å². The highest BCUT2D eigenvalue weighted by atomic mass is 16.5. The molecule has 0 spiro atoms. The molecule has 0 amide bonds. The van der Waals surface area contributed by atoms with E-state index in [1.165, 1.54) is 6.92 Å². The molecule has 3 aliphatic heterocycles. The Hall–Kier alpha value is -4.38. The smallest absolute Gasteiger partial charge is 0.355 e. The molecule has 1 atom stereocenters. The SMILES string of the molecule is CC(=O)OCn1c(=O)nc2n(C(Cc3ccccc3)CN3CCC(C(=O)O)CC3)c3cc(C)c(C)cc3nc-2c1=O. The number of benzene rings is 2. The molecule has 0 saturated carbocycles. The first-order chi connectivity index (χ1) is 19.6. The van der Waals surface area contributed by atoms with Crippen molar-refractivity contribution < 1.29 is 19.4 Å². The van der Waals surface area contributed by atoms with Crippen LogP contribution in [-0.2, 0) is 27.5 Å². The third-order valence-electron chi connectivity index (χ3n) is 7.88. The van der Waals surface area contributed by atoms with E-state index in [1.807, 2.05) is 60.9 Å². The molecule has 1 saturated heterocycles. The van der Waals surface area contributed by atoms with Crippen LogP contribution in [-0.4, -0.2) is 60.7 Å². The van der Waals surface area contributed by atoms with E-state index in [4.69, 9.17) is 4.74 Å². The fourth-order valence-corrected chi connectivity index (χ4v) is 5.51. The lowest BCUT2D eigenvalue weighted by atomic mass is 9.96. The molecule has 2 aromatic rings. The van der Waals surface area contributed by atoms with Gasteiger partial charge in [0.2, 0.25) is 0 Å². The Labute approximate surface area is 236 Å². The molecule has 0 bridgehead atoms. The molecule has 0 aromatic heterocycles. The number of fused-ring (bicyclic) bond motifs is 2. The Kier molecular flexibility index (Phi) is 7.98. The predicted octanol–water partition coefficient (Wildman–Crippen LogP) is 2.78. The number of carbonyl (C=O) groups is 2. The van der Waals surface area contributed by atoms with Crippen LogP contribution in [0, 0.1) is 19.8 Å². The number of carbonyl (C=O) groups excluding carboxylic acids is 1. The standard InChI is InChI=1S/C30H33N5O6/c1-18-13-24-25(14-19(18)2)35(27-26(31-24)28(37)34(30(40)32-27)17-41-20(3)36)23(15-21-7-5-4-6-8-21)16-33-11-9-22(10-12-33)29(38)39/h4-8,13-14,22-23H,9-12,15-17H2,1-3H3,(H,38,39). The average molecular weight is 560 g/mol. The molecule has 2 aromatic carbocycles. The first-order valence-electron chi connectivity index (χ1n) is 13.7. The summed E-state index contributed by atoms with van der Waals surface area (Å²) in [7, 11) is 0. The van der Waals surface area contributed by atoms with Gasteiger partial charge in [-0.1, -0.05) is 30.3 Å². The lowest BCUT2D eigenvalue weighted by Crippen LogP contribution is -2.42. The molecule has 3 heterocycles. The second-order valence-corrected chi connectivity index (χ2v) is 10.7. The van der Waals surface area contributed by atoms with Gasteiger partial charge in [0.05, 0.1) is 23.0 Å². The Morgan fingerprint density at radius 1 is 1.05 bits per heavy atom. The fraction of sp³-hybridized carbons (Fsp3) is 0.400. The largest absolute Gasteiger partial charge is 0.481 e. The number of aliphatic carboxylic acids is 1. The van der Waals surface area contributed by atoms with Gasteiger partial charge in [-0.05, 0) is 75.0 Å². The van der Waals surface area contributed by atoms with Crippen LogP contribution in [0.1, 0.15) is 42.5 Å². The van der Waals surface area contributed by atoms with E-state index in [0.29, 0.717) is 44.4 Å². The molecule has 1 unspecified atom stereocenters. The van der Waals surface area contributed by atoms with Crippen molar-refractivity contribution in [2.45, 2.75) is 52.8 Å². The zero-order chi connectivity index (χ0) is 29.3. The predicted molar refractivity (Wildman–Crippen MR) is 152 cm³/mol. The van der Waals surface area contributed by atoms with Gasteiger partial charge in [0.25, 0.3) is 5.56 Å². The average Bonchev–Trinajstić information content (AvgIpc) is 2.93. The minimum absolute atomic E-state index is 0.00940. The van der Waals surface area contributed by atoms with Crippen molar-refractivity contribution in [3.8, 4) is 11.5 Å². The van der Waals surface area contributed by atoms with E-state index in [1.54, 1.807) is 0 Å². The zero-order valence-corrected chi connectivity index (χ0v) is 23.4. The van der Waals surface area contributed by atoms with Crippen molar-refractivity contribution >= 4 is 23.0 Å². The van der Waals surface area contributed by atoms with Gasteiger partial charge in [0, 0.05) is 13.5 Å². The van der Waals surface area contributed by atoms with Crippen molar-refractivity contribution in [3.05, 3.63) is 80.0 Å². The van der Waals surface area contributed by atoms with E-state index in [0.717, 1.165) is 26.8 Å². The van der Waals surface area contributed by atoms with E-state index in [-0.39, 0.29) is 23.5 Å². The first-order valence-corrected chi connectivity index (χ1v) is 13.7. The number of rotatable bonds is 8. The minimum atomic E-state index is -0.830. The lowest BCUT2D eigenvalue weighted by molar-refractivity contribution is -0.145. The number of likely N-dealkylation sites (tertiary alicyclic amines) is 1. The first kappa shape index (κ1) is 28.2. The third kappa shape index (κ3) is 5.90. The molecule has 5 rings (SSSR count). The van der Waals surface area contributed by atoms with Crippen LogP contribution >= 0.6 is 0 Å². The normalized spacial score (nSPS) is 15.3. The Bertz CT molecular complexity index is 1690. The lowest BCUT2D eigenvalue weighted by Gasteiger charge is -2.35. The summed E-state index contributed by atoms with van der Waals surface area (Å²) in [5, 5.41) is 9.48. The number of piperidine rings is 1. The monoisotopic (exact) mass is 559 g/mol. The molecule has 0 radical (unpaired) electrons. The van der Waals surface area contributed by atoms with Crippen LogP contribution < -0.4 is 11.2 Å². The minimum Gasteiger partial charge on any atom is -0.481 e. The quantitative estimate of drug-likeness (QED) is 0.255. The maximum atomic E-state index is 13.6. The maximum Gasteiger partial charge on any atom is 0.355 e. The summed E-state index contributed by atoms with van der Waals surface area (Å²) in [5.41, 5.74) is 2.91. The summed E-state index contributed by atoms with van der Waals surface area (Å²) >= 11 is 0. The molecule has 1 fully saturated rings. The summed E-state index contributed by atoms with van der Waals surface area (Å²) in [6.07, 6.45) is 1.69. The molecule has 214 valence electrons. The topological polar surface area (TPSA) is 137 Å². The van der Waals surface area contributed by atoms with Crippen LogP contribution in [0.2, 0.25) is 0 Å². The Balaban J connectivity index is 1.70. The van der Waals surface area contributed by atoms with Gasteiger partial charge in [0.15, 0.2) is 18.2 Å². The number of carboxylic acids is 1. The van der Waals surface area contributed by atoms with Gasteiger partial charge in [0.1, 0.15) is 0 Å². The van der Waals surface area contributed by atoms with E-state index in [9.17, 15) is 24.3 Å². The van der Waals surface area contributed by atoms with E-state index in [2.05, 4.69) is 14.9 Å². The molecule has 11 heteroatoms. The highest BCUT2D eigenvalue weighted by Crippen LogP contribution is 2.30. The molecular formula is C30H33N5O6. The van der Waals surface area contributed by atoms with Crippen LogP contribution in [0.4, 0.5) is 0 Å². The van der Waals surface area contributed by atoms with Gasteiger partial charge in [-0.2, -0.15) is 4.98 Å². The van der Waals surface area contributed by atoms with Crippen molar-refractivity contribution in [2.75, 3.05) is 19.6 Å². The van der Waals surface area contributed by atoms with Gasteiger partial charge in [-0.15, -0.1) is 0 Å². The molecule has 41 heavy (non-hydrogen) atoms. The summed E-state index contributed by atoms with van der Waals surface area (Å²) in [5.74, 6) is -1.59. The second kappa shape index (κ2) is 11.6. The summed E-state index contributed by atoms with van der Waals surface area (Å²) in [6, 6.07) is 13.6. The summed E-state index contributed by atoms with van der Waals surface area (Å²) in [4.78, 5) is 60.8. The number of ether oxygens (including phenoxy) is 1. The number of hydrogen-bond donors (Lipinski definition) is 1. The number of nitrogens with zero attached hydrogens (tertiary/aromatic N) is 5. The Morgan fingerprint density at radius 2 is 1.73 bits per heavy atom. The van der Waals surface area contributed by atoms with Gasteiger partial charge in [-0.25, -0.2) is 14.3 Å². The van der Waals surface area contributed by atoms with Gasteiger partial charge in [-0.3, -0.25) is 14.4 Å². The third-order valence-corrected chi connectivity index (χ3v) is 7.88. The second-order valence-electron chi connectivity index (χ2n) is 10.7. The molecule has 0 aliphatic carbocycles. The van der Waals surface area contributed by atoms with Crippen molar-refractivity contribution in [3.63, 3.8) is 0 Å². The molecule has 11 nitrogen and oxygen atoms in total. The molecule has 1 N–H and O–H groups in total. The van der Waals surface area contributed by atoms with Crippen LogP contribution in [0.15, 0.2) is 52.1 Å². The number of aromatic nitrogens is 4. The number of esters is 1. The van der Waals surface area contributed by atoms with Crippen LogP contribution in [0.25, 0.3) is 22.6 Å². The summed E-state index contributed by atoms with van der Waals surface area (Å²) in [6.45, 7) is 6.41. The van der Waals surface area contributed by atoms with E-state index < -0.39 is 29.9 Å². The highest BCUT2D eigenvalue weighted by molar-refractivity contribution is 5.81.